The van der Waals surface area contributed by atoms with Crippen LogP contribution in [0, 0.1) is 31.6 Å². The highest BCUT2D eigenvalue weighted by molar-refractivity contribution is 7.99. The Labute approximate surface area is 123 Å². The third kappa shape index (κ3) is 3.34. The number of non-ortho nitro benzene ring substituents is 1. The molecule has 7 nitrogen and oxygen atoms in total. The van der Waals surface area contributed by atoms with Crippen molar-refractivity contribution in [3.05, 3.63) is 68.3 Å². The van der Waals surface area contributed by atoms with Gasteiger partial charge < -0.3 is 0 Å². The Bertz CT molecular complexity index is 753. The average molecular weight is 301 g/mol. The number of nitro benzene ring substituents is 2. The topological polar surface area (TPSA) is 110 Å². The lowest BCUT2D eigenvalue weighted by Crippen LogP contribution is -1.92. The molecule has 0 heterocycles. The van der Waals surface area contributed by atoms with Crippen LogP contribution in [-0.4, -0.2) is 9.85 Å². The van der Waals surface area contributed by atoms with Gasteiger partial charge in [-0.25, -0.2) is 0 Å². The van der Waals surface area contributed by atoms with Crippen LogP contribution in [0.4, 0.5) is 11.4 Å². The highest BCUT2D eigenvalue weighted by Gasteiger charge is 2.14. The highest BCUT2D eigenvalue weighted by atomic mass is 32.2. The maximum atomic E-state index is 10.7. The van der Waals surface area contributed by atoms with Crippen molar-refractivity contribution in [3.8, 4) is 6.07 Å². The first-order chi connectivity index (χ1) is 10.0. The van der Waals surface area contributed by atoms with E-state index in [0.29, 0.717) is 4.90 Å². The van der Waals surface area contributed by atoms with Gasteiger partial charge in [-0.05, 0) is 24.3 Å². The van der Waals surface area contributed by atoms with Gasteiger partial charge in [0.2, 0.25) is 0 Å². The van der Waals surface area contributed by atoms with Crippen LogP contribution < -0.4 is 0 Å². The number of nitrogens with zero attached hydrogens (tertiary/aromatic N) is 3. The molecule has 0 unspecified atom stereocenters. The second-order valence-corrected chi connectivity index (χ2v) is 5.05. The van der Waals surface area contributed by atoms with E-state index >= 15 is 0 Å². The molecule has 0 aliphatic heterocycles. The van der Waals surface area contributed by atoms with Gasteiger partial charge >= 0.3 is 0 Å². The summed E-state index contributed by atoms with van der Waals surface area (Å²) in [6, 6.07) is 11.9. The minimum absolute atomic E-state index is 0.0132. The molecule has 0 radical (unpaired) electrons. The van der Waals surface area contributed by atoms with Gasteiger partial charge in [-0.2, -0.15) is 5.26 Å². The van der Waals surface area contributed by atoms with Gasteiger partial charge in [-0.15, -0.1) is 0 Å². The maximum absolute atomic E-state index is 10.7. The molecule has 0 aliphatic carbocycles. The van der Waals surface area contributed by atoms with Crippen molar-refractivity contribution in [1.82, 2.24) is 0 Å². The fourth-order valence-electron chi connectivity index (χ4n) is 1.60. The molecule has 0 N–H and O–H groups in total. The molecule has 0 aliphatic rings. The van der Waals surface area contributed by atoms with Gasteiger partial charge in [0.05, 0.1) is 9.85 Å². The molecule has 0 amide bonds. The Kier molecular flexibility index (Phi) is 4.15. The molecule has 21 heavy (non-hydrogen) atoms. The third-order valence-electron chi connectivity index (χ3n) is 2.57. The average Bonchev–Trinajstić information content (AvgIpc) is 2.47. The standard InChI is InChI=1S/C13H7N3O4S/c14-8-9-7-12(5-6-13(9)16(19)20)21-11-3-1-10(2-4-11)15(17)18/h1-7H. The zero-order valence-corrected chi connectivity index (χ0v) is 11.2. The smallest absolute Gasteiger partial charge is 0.258 e. The molecule has 0 saturated heterocycles. The Morgan fingerprint density at radius 3 is 2.10 bits per heavy atom. The van der Waals surface area contributed by atoms with Crippen LogP contribution in [0.3, 0.4) is 0 Å². The largest absolute Gasteiger partial charge is 0.287 e. The Morgan fingerprint density at radius 2 is 1.57 bits per heavy atom. The van der Waals surface area contributed by atoms with E-state index in [1.54, 1.807) is 18.2 Å². The summed E-state index contributed by atoms with van der Waals surface area (Å²) in [6.45, 7) is 0. The van der Waals surface area contributed by atoms with Crippen molar-refractivity contribution in [3.63, 3.8) is 0 Å². The lowest BCUT2D eigenvalue weighted by molar-refractivity contribution is -0.385. The Hall–Kier alpha value is -2.92. The molecule has 2 aromatic carbocycles. The Morgan fingerprint density at radius 1 is 0.952 bits per heavy atom. The van der Waals surface area contributed by atoms with Gasteiger partial charge in [-0.1, -0.05) is 11.8 Å². The number of nitriles is 1. The molecule has 104 valence electrons. The normalized spacial score (nSPS) is 9.86. The summed E-state index contributed by atoms with van der Waals surface area (Å²) in [6.07, 6.45) is 0. The van der Waals surface area contributed by atoms with E-state index in [1.165, 1.54) is 42.1 Å². The second-order valence-electron chi connectivity index (χ2n) is 3.90. The number of nitro groups is 2. The van der Waals surface area contributed by atoms with E-state index in [9.17, 15) is 20.2 Å². The van der Waals surface area contributed by atoms with E-state index in [1.807, 2.05) is 0 Å². The predicted octanol–water partition coefficient (Wildman–Crippen LogP) is 3.53. The van der Waals surface area contributed by atoms with E-state index in [0.717, 1.165) is 4.90 Å². The summed E-state index contributed by atoms with van der Waals surface area (Å²) in [7, 11) is 0. The first kappa shape index (κ1) is 14.5. The van der Waals surface area contributed by atoms with Crippen LogP contribution in [0.2, 0.25) is 0 Å². The first-order valence-corrected chi connectivity index (χ1v) is 6.44. The number of rotatable bonds is 4. The minimum atomic E-state index is -0.612. The molecule has 0 atom stereocenters. The lowest BCUT2D eigenvalue weighted by Gasteiger charge is -2.02. The fourth-order valence-corrected chi connectivity index (χ4v) is 2.46. The summed E-state index contributed by atoms with van der Waals surface area (Å²) >= 11 is 1.26. The van der Waals surface area contributed by atoms with Crippen molar-refractivity contribution in [1.29, 1.82) is 5.26 Å². The number of hydrogen-bond acceptors (Lipinski definition) is 6. The van der Waals surface area contributed by atoms with Crippen LogP contribution in [0.5, 0.6) is 0 Å². The van der Waals surface area contributed by atoms with Gasteiger partial charge in [0.1, 0.15) is 11.6 Å². The summed E-state index contributed by atoms with van der Waals surface area (Å²) in [4.78, 5) is 21.6. The quantitative estimate of drug-likeness (QED) is 0.631. The molecule has 0 fully saturated rings. The van der Waals surface area contributed by atoms with Crippen LogP contribution in [0.25, 0.3) is 0 Å². The first-order valence-electron chi connectivity index (χ1n) is 5.62. The SMILES string of the molecule is N#Cc1cc(Sc2ccc([N+](=O)[O-])cc2)ccc1[N+](=O)[O-]. The monoisotopic (exact) mass is 301 g/mol. The number of hydrogen-bond donors (Lipinski definition) is 0. The molecule has 8 heteroatoms. The van der Waals surface area contributed by atoms with E-state index < -0.39 is 9.85 Å². The van der Waals surface area contributed by atoms with Crippen LogP contribution in [0.1, 0.15) is 5.56 Å². The Balaban J connectivity index is 2.26. The van der Waals surface area contributed by atoms with Crippen molar-refractivity contribution >= 4 is 23.1 Å². The predicted molar refractivity (Wildman–Crippen MR) is 75.0 cm³/mol. The molecular weight excluding hydrogens is 294 g/mol. The van der Waals surface area contributed by atoms with Gasteiger partial charge in [0.15, 0.2) is 0 Å². The van der Waals surface area contributed by atoms with Gasteiger partial charge in [0.25, 0.3) is 11.4 Å². The minimum Gasteiger partial charge on any atom is -0.258 e. The van der Waals surface area contributed by atoms with Crippen LogP contribution in [-0.2, 0) is 0 Å². The van der Waals surface area contributed by atoms with Gasteiger partial charge in [0, 0.05) is 28.0 Å². The van der Waals surface area contributed by atoms with Crippen molar-refractivity contribution in [2.24, 2.45) is 0 Å². The van der Waals surface area contributed by atoms with Crippen molar-refractivity contribution in [2.75, 3.05) is 0 Å². The summed E-state index contributed by atoms with van der Waals surface area (Å²) in [5.41, 5.74) is -0.279. The van der Waals surface area contributed by atoms with E-state index in [4.69, 9.17) is 5.26 Å². The molecular formula is C13H7N3O4S. The molecule has 0 bridgehead atoms. The van der Waals surface area contributed by atoms with E-state index in [-0.39, 0.29) is 16.9 Å². The second kappa shape index (κ2) is 6.02. The van der Waals surface area contributed by atoms with Gasteiger partial charge in [-0.3, -0.25) is 20.2 Å². The fraction of sp³-hybridized carbons (Fsp3) is 0. The summed E-state index contributed by atoms with van der Waals surface area (Å²) in [5.74, 6) is 0. The molecule has 2 rings (SSSR count). The summed E-state index contributed by atoms with van der Waals surface area (Å²) < 4.78 is 0. The zero-order valence-electron chi connectivity index (χ0n) is 10.4. The molecule has 0 aromatic heterocycles. The zero-order chi connectivity index (χ0) is 15.4. The summed E-state index contributed by atoms with van der Waals surface area (Å²) in [5, 5.41) is 30.2. The van der Waals surface area contributed by atoms with Crippen molar-refractivity contribution in [2.45, 2.75) is 9.79 Å². The van der Waals surface area contributed by atoms with E-state index in [2.05, 4.69) is 0 Å². The third-order valence-corrected chi connectivity index (χ3v) is 3.57. The lowest BCUT2D eigenvalue weighted by atomic mass is 10.2. The number of benzene rings is 2. The molecule has 0 spiro atoms. The molecule has 2 aromatic rings. The maximum Gasteiger partial charge on any atom is 0.287 e. The van der Waals surface area contributed by atoms with Crippen LogP contribution in [0.15, 0.2) is 52.3 Å². The van der Waals surface area contributed by atoms with Crippen molar-refractivity contribution < 1.29 is 9.85 Å². The van der Waals surface area contributed by atoms with Crippen LogP contribution >= 0.6 is 11.8 Å². The molecule has 0 saturated carbocycles. The highest BCUT2D eigenvalue weighted by Crippen LogP contribution is 2.31.